The van der Waals surface area contributed by atoms with Crippen molar-refractivity contribution in [1.29, 1.82) is 0 Å². The summed E-state index contributed by atoms with van der Waals surface area (Å²) in [6.07, 6.45) is 3.34. The molecule has 3 N–H and O–H groups in total. The SMILES string of the molecule is C=C/C(=C\NCC(=C)NCC(C)(C)CO)C(=O)C(C(C)C)C(C)c1ccc(Br)cc1. The lowest BCUT2D eigenvalue weighted by molar-refractivity contribution is -0.120. The molecule has 166 valence electrons. The van der Waals surface area contributed by atoms with Crippen LogP contribution >= 0.6 is 15.9 Å². The smallest absolute Gasteiger partial charge is 0.168 e. The predicted octanol–water partition coefficient (Wildman–Crippen LogP) is 5.18. The van der Waals surface area contributed by atoms with E-state index in [9.17, 15) is 9.90 Å². The van der Waals surface area contributed by atoms with Crippen LogP contribution in [0.3, 0.4) is 0 Å². The van der Waals surface area contributed by atoms with Gasteiger partial charge in [-0.2, -0.15) is 0 Å². The second-order valence-corrected chi connectivity index (χ2v) is 9.85. The maximum Gasteiger partial charge on any atom is 0.168 e. The molecule has 0 aliphatic carbocycles. The maximum absolute atomic E-state index is 13.3. The fourth-order valence-electron chi connectivity index (χ4n) is 3.27. The summed E-state index contributed by atoms with van der Waals surface area (Å²) in [7, 11) is 0. The summed E-state index contributed by atoms with van der Waals surface area (Å²) in [5.41, 5.74) is 2.30. The second kappa shape index (κ2) is 12.1. The van der Waals surface area contributed by atoms with Crippen LogP contribution in [0.5, 0.6) is 0 Å². The zero-order valence-corrected chi connectivity index (χ0v) is 20.6. The molecule has 0 bridgehead atoms. The number of halogens is 1. The molecule has 0 heterocycles. The van der Waals surface area contributed by atoms with E-state index in [1.54, 1.807) is 12.3 Å². The van der Waals surface area contributed by atoms with E-state index < -0.39 is 0 Å². The number of Topliss-reactive ketones (excluding diaryl/α,β-unsaturated/α-hetero) is 1. The molecule has 1 aromatic carbocycles. The first-order valence-electron chi connectivity index (χ1n) is 10.4. The largest absolute Gasteiger partial charge is 0.396 e. The van der Waals surface area contributed by atoms with Crippen LogP contribution < -0.4 is 10.6 Å². The average Bonchev–Trinajstić information content (AvgIpc) is 2.70. The Kier molecular flexibility index (Phi) is 10.6. The first-order chi connectivity index (χ1) is 14.0. The van der Waals surface area contributed by atoms with Crippen molar-refractivity contribution in [2.75, 3.05) is 19.7 Å². The van der Waals surface area contributed by atoms with Gasteiger partial charge in [0.2, 0.25) is 0 Å². The Balaban J connectivity index is 2.83. The van der Waals surface area contributed by atoms with Crippen molar-refractivity contribution in [3.63, 3.8) is 0 Å². The van der Waals surface area contributed by atoms with E-state index in [0.29, 0.717) is 18.7 Å². The topological polar surface area (TPSA) is 61.4 Å². The van der Waals surface area contributed by atoms with Crippen molar-refractivity contribution in [3.8, 4) is 0 Å². The fraction of sp³-hybridized carbons (Fsp3) is 0.480. The van der Waals surface area contributed by atoms with Crippen LogP contribution in [0.15, 0.2) is 65.4 Å². The minimum atomic E-state index is -0.214. The number of rotatable bonds is 13. The zero-order valence-electron chi connectivity index (χ0n) is 19.0. The van der Waals surface area contributed by atoms with Crippen molar-refractivity contribution < 1.29 is 9.90 Å². The summed E-state index contributed by atoms with van der Waals surface area (Å²) in [6.45, 7) is 19.3. The molecule has 2 atom stereocenters. The Morgan fingerprint density at radius 3 is 2.33 bits per heavy atom. The van der Waals surface area contributed by atoms with Crippen molar-refractivity contribution in [3.05, 3.63) is 71.0 Å². The maximum atomic E-state index is 13.3. The molecule has 1 rings (SSSR count). The summed E-state index contributed by atoms with van der Waals surface area (Å²) in [4.78, 5) is 13.3. The Morgan fingerprint density at radius 1 is 1.23 bits per heavy atom. The van der Waals surface area contributed by atoms with Crippen LogP contribution in [0, 0.1) is 17.3 Å². The van der Waals surface area contributed by atoms with Crippen LogP contribution in [0.2, 0.25) is 0 Å². The van der Waals surface area contributed by atoms with E-state index in [1.165, 1.54) is 0 Å². The quantitative estimate of drug-likeness (QED) is 0.271. The predicted molar refractivity (Wildman–Crippen MR) is 130 cm³/mol. The number of allylic oxidation sites excluding steroid dienone is 2. The Bertz CT molecular complexity index is 751. The van der Waals surface area contributed by atoms with E-state index in [4.69, 9.17) is 0 Å². The van der Waals surface area contributed by atoms with Gasteiger partial charge in [-0.05, 0) is 29.5 Å². The number of carbonyl (C=O) groups is 1. The molecule has 5 heteroatoms. The second-order valence-electron chi connectivity index (χ2n) is 8.94. The molecule has 0 amide bonds. The number of carbonyl (C=O) groups excluding carboxylic acids is 1. The number of ketones is 1. The van der Waals surface area contributed by atoms with E-state index >= 15 is 0 Å². The number of aliphatic hydroxyl groups excluding tert-OH is 1. The summed E-state index contributed by atoms with van der Waals surface area (Å²) >= 11 is 3.47. The van der Waals surface area contributed by atoms with Gasteiger partial charge in [0.15, 0.2) is 5.78 Å². The highest BCUT2D eigenvalue weighted by atomic mass is 79.9. The summed E-state index contributed by atoms with van der Waals surface area (Å²) in [5.74, 6) is 0.218. The molecule has 0 spiro atoms. The molecule has 0 saturated carbocycles. The molecule has 1 aromatic rings. The number of benzene rings is 1. The normalized spacial score (nSPS) is 14.2. The minimum Gasteiger partial charge on any atom is -0.396 e. The van der Waals surface area contributed by atoms with Gasteiger partial charge in [-0.25, -0.2) is 0 Å². The van der Waals surface area contributed by atoms with E-state index in [0.717, 1.165) is 15.7 Å². The Labute approximate surface area is 190 Å². The number of hydrogen-bond acceptors (Lipinski definition) is 4. The van der Waals surface area contributed by atoms with Gasteiger partial charge in [0, 0.05) is 46.4 Å². The minimum absolute atomic E-state index is 0.0860. The Morgan fingerprint density at radius 2 is 1.83 bits per heavy atom. The van der Waals surface area contributed by atoms with Crippen molar-refractivity contribution >= 4 is 21.7 Å². The van der Waals surface area contributed by atoms with Gasteiger partial charge >= 0.3 is 0 Å². The molecular weight excluding hydrogens is 440 g/mol. The van der Waals surface area contributed by atoms with Gasteiger partial charge in [0.1, 0.15) is 0 Å². The van der Waals surface area contributed by atoms with Gasteiger partial charge in [-0.15, -0.1) is 0 Å². The molecule has 0 aromatic heterocycles. The molecule has 0 saturated heterocycles. The van der Waals surface area contributed by atoms with Crippen LogP contribution in [-0.4, -0.2) is 30.6 Å². The highest BCUT2D eigenvalue weighted by Gasteiger charge is 2.30. The van der Waals surface area contributed by atoms with Crippen molar-refractivity contribution in [1.82, 2.24) is 10.6 Å². The number of nitrogens with one attached hydrogen (secondary N) is 2. The molecule has 4 nitrogen and oxygen atoms in total. The lowest BCUT2D eigenvalue weighted by Crippen LogP contribution is -2.34. The van der Waals surface area contributed by atoms with Crippen LogP contribution in [0.25, 0.3) is 0 Å². The summed E-state index contributed by atoms with van der Waals surface area (Å²) < 4.78 is 1.03. The lowest BCUT2D eigenvalue weighted by Gasteiger charge is -2.27. The zero-order chi connectivity index (χ0) is 22.9. The summed E-state index contributed by atoms with van der Waals surface area (Å²) in [6, 6.07) is 8.15. The summed E-state index contributed by atoms with van der Waals surface area (Å²) in [5, 5.41) is 15.7. The van der Waals surface area contributed by atoms with E-state index in [1.807, 2.05) is 26.0 Å². The molecule has 2 unspecified atom stereocenters. The van der Waals surface area contributed by atoms with Gasteiger partial charge in [0.25, 0.3) is 0 Å². The highest BCUT2D eigenvalue weighted by Crippen LogP contribution is 2.33. The van der Waals surface area contributed by atoms with Gasteiger partial charge in [-0.1, -0.05) is 81.9 Å². The first-order valence-corrected chi connectivity index (χ1v) is 11.2. The number of aliphatic hydroxyl groups is 1. The molecule has 0 aliphatic heterocycles. The van der Waals surface area contributed by atoms with Gasteiger partial charge < -0.3 is 15.7 Å². The van der Waals surface area contributed by atoms with Crippen LogP contribution in [0.1, 0.15) is 46.1 Å². The fourth-order valence-corrected chi connectivity index (χ4v) is 3.54. The standard InChI is InChI=1S/C25H37BrN2O2/c1-8-20(14-27-13-18(4)28-15-25(6,7)16-29)24(30)23(17(2)3)19(5)21-9-11-22(26)12-10-21/h8-12,14,17,19,23,27-29H,1,4,13,15-16H2,2-3,5-7H3/b20-14+. The lowest BCUT2D eigenvalue weighted by atomic mass is 9.76. The highest BCUT2D eigenvalue weighted by molar-refractivity contribution is 9.10. The average molecular weight is 477 g/mol. The van der Waals surface area contributed by atoms with E-state index in [-0.39, 0.29) is 35.6 Å². The van der Waals surface area contributed by atoms with Crippen LogP contribution in [-0.2, 0) is 4.79 Å². The third-order valence-corrected chi connectivity index (χ3v) is 5.81. The molecular formula is C25H37BrN2O2. The monoisotopic (exact) mass is 476 g/mol. The van der Waals surface area contributed by atoms with Gasteiger partial charge in [-0.3, -0.25) is 4.79 Å². The first kappa shape index (κ1) is 26.2. The molecule has 30 heavy (non-hydrogen) atoms. The molecule has 0 aliphatic rings. The third-order valence-electron chi connectivity index (χ3n) is 5.28. The van der Waals surface area contributed by atoms with Crippen molar-refractivity contribution in [2.24, 2.45) is 17.3 Å². The molecule has 0 fully saturated rings. The van der Waals surface area contributed by atoms with E-state index in [2.05, 4.69) is 72.6 Å². The number of hydrogen-bond donors (Lipinski definition) is 3. The van der Waals surface area contributed by atoms with Gasteiger partial charge in [0.05, 0.1) is 6.54 Å². The van der Waals surface area contributed by atoms with Crippen LogP contribution in [0.4, 0.5) is 0 Å². The molecule has 0 radical (unpaired) electrons. The van der Waals surface area contributed by atoms with Crippen molar-refractivity contribution in [2.45, 2.75) is 40.5 Å². The third kappa shape index (κ3) is 8.11. The Hall–Kier alpha value is -1.85.